The molecule has 0 spiro atoms. The molecule has 1 aliphatic rings. The zero-order valence-corrected chi connectivity index (χ0v) is 50.5. The molecule has 0 radical (unpaired) electrons. The third kappa shape index (κ3) is 30.1. The van der Waals surface area contributed by atoms with Crippen LogP contribution in [0.1, 0.15) is 179 Å². The van der Waals surface area contributed by atoms with Gasteiger partial charge in [-0.05, 0) is 86.9 Å². The van der Waals surface area contributed by atoms with Crippen molar-refractivity contribution in [2.75, 3.05) is 0 Å². The summed E-state index contributed by atoms with van der Waals surface area (Å²) in [5.41, 5.74) is 0. The molecule has 0 aromatic heterocycles. The zero-order chi connectivity index (χ0) is 54.1. The normalized spacial score (nSPS) is 24.1. The van der Waals surface area contributed by atoms with Crippen molar-refractivity contribution in [3.05, 3.63) is 0 Å². The van der Waals surface area contributed by atoms with Crippen molar-refractivity contribution in [3.8, 4) is 0 Å². The molecule has 0 aliphatic carbocycles. The summed E-state index contributed by atoms with van der Waals surface area (Å²) >= 11 is 0. The molecule has 1 unspecified atom stereocenters. The molecule has 1 rings (SSSR count). The summed E-state index contributed by atoms with van der Waals surface area (Å²) in [4.78, 5) is 136. The van der Waals surface area contributed by atoms with Crippen LogP contribution in [-0.4, -0.2) is 108 Å². The van der Waals surface area contributed by atoms with Crippen molar-refractivity contribution in [2.45, 2.75) is 228 Å². The van der Waals surface area contributed by atoms with Crippen molar-refractivity contribution in [1.82, 2.24) is 37.2 Å². The van der Waals surface area contributed by atoms with E-state index in [0.717, 1.165) is 32.1 Å². The molecule has 0 aromatic rings. The van der Waals surface area contributed by atoms with Gasteiger partial charge in [-0.25, -0.2) is 4.79 Å². The Morgan fingerprint density at radius 3 is 1.36 bits per heavy atom. The van der Waals surface area contributed by atoms with Crippen LogP contribution in [0, 0.1) is 35.5 Å². The number of nitrogens with one attached hydrogen (secondary N) is 7. The van der Waals surface area contributed by atoms with Gasteiger partial charge in [0.25, 0.3) is 0 Å². The van der Waals surface area contributed by atoms with Gasteiger partial charge in [-0.2, -0.15) is 0 Å². The van der Waals surface area contributed by atoms with Crippen LogP contribution in [0.3, 0.4) is 0 Å². The fourth-order valence-electron chi connectivity index (χ4n) is 8.17. The summed E-state index contributed by atoms with van der Waals surface area (Å²) in [6.45, 7) is 21.8. The Balaban J connectivity index is 0. The Kier molecular flexibility index (Phi) is 36.8. The van der Waals surface area contributed by atoms with Crippen molar-refractivity contribution >= 4 is 59.3 Å². The Labute approximate surface area is 478 Å². The smallest absolute Gasteiger partial charge is 0.550 e. The number of aliphatic carboxylic acids is 2. The maximum absolute atomic E-state index is 14.2. The molecule has 20 nitrogen and oxygen atoms in total. The van der Waals surface area contributed by atoms with Gasteiger partial charge in [-0.3, -0.25) is 33.6 Å². The summed E-state index contributed by atoms with van der Waals surface area (Å²) < 4.78 is 6.00. The number of cyclic esters (lactones) is 1. The van der Waals surface area contributed by atoms with Gasteiger partial charge in [0, 0.05) is 18.4 Å². The average molecular weight is 1050 g/mol. The van der Waals surface area contributed by atoms with E-state index in [4.69, 9.17) is 4.74 Å². The van der Waals surface area contributed by atoms with Crippen LogP contribution in [0.2, 0.25) is 0 Å². The van der Waals surface area contributed by atoms with Gasteiger partial charge >= 0.3 is 65.1 Å². The van der Waals surface area contributed by atoms with Crippen molar-refractivity contribution in [2.24, 2.45) is 35.5 Å². The van der Waals surface area contributed by atoms with Crippen molar-refractivity contribution in [1.29, 1.82) is 0 Å². The summed E-state index contributed by atoms with van der Waals surface area (Å²) in [5.74, 6) is -11.0. The monoisotopic (exact) mass is 1050 g/mol. The second kappa shape index (κ2) is 37.4. The number of hydrogen-bond donors (Lipinski definition) is 7. The fraction of sp³-hybridized carbons (Fsp3) is 0.804. The number of amides is 7. The number of unbranched alkanes of at least 4 members (excludes halogenated alkanes) is 3. The molecular formula is C51H87N7Na2O13. The number of carboxylic acid groups (broad SMARTS) is 2. The van der Waals surface area contributed by atoms with Crippen molar-refractivity contribution < 1.29 is 122 Å². The van der Waals surface area contributed by atoms with E-state index in [-0.39, 0.29) is 115 Å². The van der Waals surface area contributed by atoms with E-state index in [1.165, 1.54) is 0 Å². The third-order valence-electron chi connectivity index (χ3n) is 12.2. The number of carbonyl (C=O) groups excluding carboxylic acids is 10. The van der Waals surface area contributed by atoms with Gasteiger partial charge in [0.15, 0.2) is 0 Å². The molecule has 7 amide bonds. The largest absolute Gasteiger partial charge is 1.00 e. The quantitative estimate of drug-likeness (QED) is 0.0307. The Bertz CT molecular complexity index is 1780. The van der Waals surface area contributed by atoms with Crippen LogP contribution in [0.15, 0.2) is 0 Å². The van der Waals surface area contributed by atoms with Gasteiger partial charge in [-0.15, -0.1) is 0 Å². The summed E-state index contributed by atoms with van der Waals surface area (Å²) in [6.07, 6.45) is 2.09. The summed E-state index contributed by atoms with van der Waals surface area (Å²) in [6, 6.07) is -9.86. The standard InChI is InChI=1S/C51H89N7O13.2Na/c1-13-33(12)18-16-14-15-17-19-34-26-41(59)52-35(20-21-42(60)61)45(64)53-36(22-28(2)3)46(65)55-38(24-30(6)7)49(68)58-44(32(10)11)50(69)56-39(27-43(62)63)48(67)54-37(23-29(4)5)47(66)57-40(25-31(8)9)51(70)71-34;;/h28-40,44H,13-27H2,1-12H3,(H,52,59)(H,53,64)(H,54,67)(H,55,65)(H,56,69)(H,57,66)(H,58,68)(H,60,61)(H,62,63);;/q;2*+1/p-2/t33?,34-,35+,36+,37-,38-,39+,40+,44+;;/m1../s1. The first-order chi connectivity index (χ1) is 33.1. The number of carboxylic acids is 2. The van der Waals surface area contributed by atoms with Gasteiger partial charge in [0.05, 0.1) is 6.42 Å². The van der Waals surface area contributed by atoms with Crippen LogP contribution in [0.5, 0.6) is 0 Å². The molecule has 9 atom stereocenters. The average Bonchev–Trinajstić information content (AvgIpc) is 3.25. The molecule has 1 fully saturated rings. The van der Waals surface area contributed by atoms with Crippen LogP contribution in [0.25, 0.3) is 0 Å². The van der Waals surface area contributed by atoms with Crippen LogP contribution < -0.4 is 107 Å². The van der Waals surface area contributed by atoms with Gasteiger partial charge in [0.2, 0.25) is 41.4 Å². The zero-order valence-electron chi connectivity index (χ0n) is 46.5. The van der Waals surface area contributed by atoms with Gasteiger partial charge in [-0.1, -0.05) is 115 Å². The number of carbonyl (C=O) groups is 10. The second-order valence-electron chi connectivity index (χ2n) is 21.4. The third-order valence-corrected chi connectivity index (χ3v) is 12.2. The molecule has 0 aromatic carbocycles. The van der Waals surface area contributed by atoms with Crippen LogP contribution in [-0.2, 0) is 52.7 Å². The fourth-order valence-corrected chi connectivity index (χ4v) is 8.17. The predicted molar refractivity (Wildman–Crippen MR) is 262 cm³/mol. The molecule has 0 bridgehead atoms. The van der Waals surface area contributed by atoms with Crippen molar-refractivity contribution in [3.63, 3.8) is 0 Å². The molecule has 73 heavy (non-hydrogen) atoms. The van der Waals surface area contributed by atoms with E-state index in [2.05, 4.69) is 51.1 Å². The number of ether oxygens (including phenoxy) is 1. The molecule has 1 saturated heterocycles. The molecule has 22 heteroatoms. The minimum atomic E-state index is -1.79. The Morgan fingerprint density at radius 2 is 0.918 bits per heavy atom. The van der Waals surface area contributed by atoms with E-state index < -0.39 is 139 Å². The van der Waals surface area contributed by atoms with Crippen LogP contribution >= 0.6 is 0 Å². The number of esters is 1. The second-order valence-corrected chi connectivity index (χ2v) is 21.4. The first-order valence-electron chi connectivity index (χ1n) is 25.8. The Hall–Kier alpha value is -3.30. The SMILES string of the molecule is CCC(C)CCCCCC[C@@H]1CC(=O)N[C@@H](CCC(=O)[O-])C(=O)N[C@@H](CC(C)C)C(=O)N[C@H](CC(C)C)C(=O)N[C@@H](C(C)C)C(=O)N[C@@H](CC(=O)[O-])C(=O)N[C@H](CC(C)C)C(=O)N[C@@H](CC(C)C)C(=O)O1.[Na+].[Na+]. The summed E-state index contributed by atoms with van der Waals surface area (Å²) in [7, 11) is 0. The molecule has 1 heterocycles. The molecule has 406 valence electrons. The minimum absolute atomic E-state index is 0. The topological polar surface area (TPSA) is 310 Å². The molecule has 0 saturated carbocycles. The minimum Gasteiger partial charge on any atom is -0.550 e. The van der Waals surface area contributed by atoms with E-state index in [1.54, 1.807) is 55.4 Å². The van der Waals surface area contributed by atoms with Gasteiger partial charge in [0.1, 0.15) is 48.4 Å². The van der Waals surface area contributed by atoms with E-state index in [0.29, 0.717) is 12.3 Å². The summed E-state index contributed by atoms with van der Waals surface area (Å²) in [5, 5.41) is 41.8. The number of hydrogen-bond acceptors (Lipinski definition) is 13. The molecule has 7 N–H and O–H groups in total. The maximum Gasteiger partial charge on any atom is 1.00 e. The van der Waals surface area contributed by atoms with Crippen LogP contribution in [0.4, 0.5) is 0 Å². The predicted octanol–water partition coefficient (Wildman–Crippen LogP) is -4.40. The Morgan fingerprint density at radius 1 is 0.507 bits per heavy atom. The van der Waals surface area contributed by atoms with Gasteiger partial charge < -0.3 is 61.8 Å². The number of rotatable bonds is 22. The maximum atomic E-state index is 14.2. The first-order valence-corrected chi connectivity index (χ1v) is 25.8. The molecule has 1 aliphatic heterocycles. The molecular weight excluding hydrogens is 965 g/mol. The first kappa shape index (κ1) is 71.8. The van der Waals surface area contributed by atoms with E-state index >= 15 is 0 Å². The van der Waals surface area contributed by atoms with E-state index in [9.17, 15) is 58.2 Å². The van der Waals surface area contributed by atoms with E-state index in [1.807, 2.05) is 13.8 Å².